The fourth-order valence-electron chi connectivity index (χ4n) is 3.42. The first-order valence-electron chi connectivity index (χ1n) is 8.91. The van der Waals surface area contributed by atoms with Crippen LogP contribution in [0.4, 0.5) is 4.39 Å². The number of pyridine rings is 1. The van der Waals surface area contributed by atoms with Crippen molar-refractivity contribution in [3.05, 3.63) is 84.4 Å². The highest BCUT2D eigenvalue weighted by molar-refractivity contribution is 5.70. The van der Waals surface area contributed by atoms with E-state index < -0.39 is 0 Å². The molecule has 26 heavy (non-hydrogen) atoms. The average molecular weight is 348 g/mol. The molecule has 1 unspecified atom stereocenters. The van der Waals surface area contributed by atoms with Crippen LogP contribution in [0.2, 0.25) is 0 Å². The first-order chi connectivity index (χ1) is 12.8. The Balaban J connectivity index is 1.47. The molecule has 0 radical (unpaired) electrons. The minimum absolute atomic E-state index is 0.116. The third-order valence-electron chi connectivity index (χ3n) is 4.70. The first kappa shape index (κ1) is 16.7. The van der Waals surface area contributed by atoms with Crippen LogP contribution >= 0.6 is 0 Å². The Morgan fingerprint density at radius 1 is 1.04 bits per heavy atom. The Morgan fingerprint density at radius 3 is 2.65 bits per heavy atom. The molecule has 0 N–H and O–H groups in total. The maximum absolute atomic E-state index is 13.8. The van der Waals surface area contributed by atoms with Gasteiger partial charge in [0.15, 0.2) is 0 Å². The van der Waals surface area contributed by atoms with Gasteiger partial charge in [-0.3, -0.25) is 9.88 Å². The van der Waals surface area contributed by atoms with E-state index in [2.05, 4.69) is 34.1 Å². The van der Waals surface area contributed by atoms with Gasteiger partial charge in [0.05, 0.1) is 0 Å². The maximum Gasteiger partial charge on any atom is 0.127 e. The monoisotopic (exact) mass is 348 g/mol. The van der Waals surface area contributed by atoms with Crippen molar-refractivity contribution in [2.75, 3.05) is 13.1 Å². The van der Waals surface area contributed by atoms with E-state index in [1.54, 1.807) is 18.5 Å². The minimum Gasteiger partial charge on any atom is -0.488 e. The quantitative estimate of drug-likeness (QED) is 0.677. The molecule has 2 aromatic carbocycles. The van der Waals surface area contributed by atoms with Crippen molar-refractivity contribution in [3.8, 4) is 16.9 Å². The summed E-state index contributed by atoms with van der Waals surface area (Å²) >= 11 is 0. The summed E-state index contributed by atoms with van der Waals surface area (Å²) in [5.41, 5.74) is 3.00. The van der Waals surface area contributed by atoms with Crippen molar-refractivity contribution in [2.24, 2.45) is 0 Å². The average Bonchev–Trinajstić information content (AvgIpc) is 3.11. The van der Waals surface area contributed by atoms with E-state index in [9.17, 15) is 4.39 Å². The summed E-state index contributed by atoms with van der Waals surface area (Å²) in [5.74, 6) is 0.463. The molecule has 1 aromatic heterocycles. The van der Waals surface area contributed by atoms with Crippen LogP contribution in [-0.2, 0) is 6.54 Å². The lowest BCUT2D eigenvalue weighted by Crippen LogP contribution is -2.24. The highest BCUT2D eigenvalue weighted by Gasteiger charge is 2.25. The molecule has 0 aliphatic carbocycles. The number of nitrogens with zero attached hydrogens (tertiary/aromatic N) is 2. The molecular formula is C22H21FN2O. The van der Waals surface area contributed by atoms with Crippen LogP contribution in [0.15, 0.2) is 73.1 Å². The summed E-state index contributed by atoms with van der Waals surface area (Å²) < 4.78 is 20.0. The molecule has 1 aliphatic heterocycles. The fourth-order valence-corrected chi connectivity index (χ4v) is 3.42. The van der Waals surface area contributed by atoms with Crippen LogP contribution in [0, 0.1) is 5.82 Å². The van der Waals surface area contributed by atoms with Crippen LogP contribution in [0.1, 0.15) is 12.0 Å². The third kappa shape index (κ3) is 3.92. The zero-order valence-corrected chi connectivity index (χ0v) is 14.5. The third-order valence-corrected chi connectivity index (χ3v) is 4.70. The van der Waals surface area contributed by atoms with Gasteiger partial charge in [-0.2, -0.15) is 0 Å². The van der Waals surface area contributed by atoms with Crippen LogP contribution in [-0.4, -0.2) is 29.1 Å². The molecule has 1 aliphatic rings. The number of aromatic nitrogens is 1. The molecule has 0 spiro atoms. The van der Waals surface area contributed by atoms with Crippen molar-refractivity contribution >= 4 is 0 Å². The molecule has 1 atom stereocenters. The lowest BCUT2D eigenvalue weighted by Gasteiger charge is -2.19. The van der Waals surface area contributed by atoms with Gasteiger partial charge in [0, 0.05) is 37.6 Å². The summed E-state index contributed by atoms with van der Waals surface area (Å²) in [6, 6.07) is 18.9. The first-order valence-corrected chi connectivity index (χ1v) is 8.91. The molecule has 1 fully saturated rings. The van der Waals surface area contributed by atoms with Crippen LogP contribution in [0.3, 0.4) is 0 Å². The zero-order valence-electron chi connectivity index (χ0n) is 14.5. The molecule has 0 saturated carbocycles. The van der Waals surface area contributed by atoms with Gasteiger partial charge in [0.25, 0.3) is 0 Å². The number of hydrogen-bond donors (Lipinski definition) is 0. The molecule has 2 heterocycles. The Kier molecular flexibility index (Phi) is 4.93. The number of hydrogen-bond acceptors (Lipinski definition) is 3. The minimum atomic E-state index is -0.263. The molecule has 132 valence electrons. The summed E-state index contributed by atoms with van der Waals surface area (Å²) in [5, 5.41) is 0. The van der Waals surface area contributed by atoms with Crippen LogP contribution < -0.4 is 4.74 Å². The molecule has 3 nitrogen and oxygen atoms in total. The molecule has 0 bridgehead atoms. The number of ether oxygens (including phenoxy) is 1. The van der Waals surface area contributed by atoms with Crippen LogP contribution in [0.25, 0.3) is 11.1 Å². The van der Waals surface area contributed by atoms with Gasteiger partial charge in [0.1, 0.15) is 17.7 Å². The Labute approximate surface area is 153 Å². The van der Waals surface area contributed by atoms with E-state index in [0.29, 0.717) is 0 Å². The fraction of sp³-hybridized carbons (Fsp3) is 0.227. The lowest BCUT2D eigenvalue weighted by molar-refractivity contribution is 0.199. The van der Waals surface area contributed by atoms with Gasteiger partial charge in [-0.25, -0.2) is 4.39 Å². The van der Waals surface area contributed by atoms with E-state index in [-0.39, 0.29) is 11.9 Å². The van der Waals surface area contributed by atoms with Gasteiger partial charge in [-0.05, 0) is 47.9 Å². The SMILES string of the molecule is Fc1ccc(OC2CCN(Cc3ccccc3)C2)c(-c2ccncc2)c1. The highest BCUT2D eigenvalue weighted by atomic mass is 19.1. The Bertz CT molecular complexity index is 855. The lowest BCUT2D eigenvalue weighted by atomic mass is 10.1. The Hall–Kier alpha value is -2.72. The van der Waals surface area contributed by atoms with Crippen LogP contribution in [0.5, 0.6) is 5.75 Å². The predicted molar refractivity (Wildman–Crippen MR) is 100 cm³/mol. The molecule has 4 heteroatoms. The van der Waals surface area contributed by atoms with Gasteiger partial charge in [-0.1, -0.05) is 30.3 Å². The van der Waals surface area contributed by atoms with Gasteiger partial charge in [0.2, 0.25) is 0 Å². The van der Waals surface area contributed by atoms with Gasteiger partial charge < -0.3 is 4.74 Å². The summed E-state index contributed by atoms with van der Waals surface area (Å²) in [4.78, 5) is 6.43. The molecule has 1 saturated heterocycles. The number of rotatable bonds is 5. The summed E-state index contributed by atoms with van der Waals surface area (Å²) in [7, 11) is 0. The molecule has 4 rings (SSSR count). The van der Waals surface area contributed by atoms with Gasteiger partial charge in [-0.15, -0.1) is 0 Å². The number of likely N-dealkylation sites (tertiary alicyclic amines) is 1. The van der Waals surface area contributed by atoms with Crippen molar-refractivity contribution in [1.29, 1.82) is 0 Å². The second-order valence-electron chi connectivity index (χ2n) is 6.63. The maximum atomic E-state index is 13.8. The van der Waals surface area contributed by atoms with E-state index in [1.807, 2.05) is 18.2 Å². The molecule has 0 amide bonds. The van der Waals surface area contributed by atoms with Gasteiger partial charge >= 0.3 is 0 Å². The Morgan fingerprint density at radius 2 is 1.85 bits per heavy atom. The van der Waals surface area contributed by atoms with Crippen molar-refractivity contribution in [1.82, 2.24) is 9.88 Å². The van der Waals surface area contributed by atoms with Crippen molar-refractivity contribution < 1.29 is 9.13 Å². The zero-order chi connectivity index (χ0) is 17.8. The smallest absolute Gasteiger partial charge is 0.127 e. The standard InChI is InChI=1S/C22H21FN2O/c23-19-6-7-22(21(14-19)18-8-11-24-12-9-18)26-20-10-13-25(16-20)15-17-4-2-1-3-5-17/h1-9,11-12,14,20H,10,13,15-16H2. The second-order valence-corrected chi connectivity index (χ2v) is 6.63. The second kappa shape index (κ2) is 7.67. The van der Waals surface area contributed by atoms with E-state index in [1.165, 1.54) is 17.7 Å². The largest absolute Gasteiger partial charge is 0.488 e. The highest BCUT2D eigenvalue weighted by Crippen LogP contribution is 2.32. The van der Waals surface area contributed by atoms with E-state index in [4.69, 9.17) is 4.74 Å². The number of halogens is 1. The topological polar surface area (TPSA) is 25.4 Å². The molecule has 3 aromatic rings. The summed E-state index contributed by atoms with van der Waals surface area (Å²) in [6.07, 6.45) is 4.51. The molecular weight excluding hydrogens is 327 g/mol. The van der Waals surface area contributed by atoms with E-state index in [0.717, 1.165) is 42.9 Å². The predicted octanol–water partition coefficient (Wildman–Crippen LogP) is 4.54. The van der Waals surface area contributed by atoms with Crippen molar-refractivity contribution in [2.45, 2.75) is 19.1 Å². The summed E-state index contributed by atoms with van der Waals surface area (Å²) in [6.45, 7) is 2.81. The van der Waals surface area contributed by atoms with E-state index >= 15 is 0 Å². The number of benzene rings is 2. The normalized spacial score (nSPS) is 17.3. The van der Waals surface area contributed by atoms with Crippen molar-refractivity contribution in [3.63, 3.8) is 0 Å².